The zero-order valence-corrected chi connectivity index (χ0v) is 8.84. The fourth-order valence-corrected chi connectivity index (χ4v) is 1.77. The van der Waals surface area contributed by atoms with Crippen molar-refractivity contribution in [2.75, 3.05) is 18.4 Å². The molecule has 2 rings (SSSR count). The molecule has 1 aliphatic heterocycles. The van der Waals surface area contributed by atoms with E-state index in [0.717, 1.165) is 13.1 Å². The molecule has 0 unspecified atom stereocenters. The summed E-state index contributed by atoms with van der Waals surface area (Å²) in [6.45, 7) is 1.79. The lowest BCUT2D eigenvalue weighted by atomic mass is 10.1. The molecule has 80 valence electrons. The Morgan fingerprint density at radius 2 is 2.27 bits per heavy atom. The molecule has 1 aromatic rings. The standard InChI is InChI=1S/C10H12ClN3O/c11-7-2-1-3-8(9(7)10(12)15)14-6-4-13-5-6/h1-3,6,13-14H,4-5H2,(H2,12,15). The number of carbonyl (C=O) groups is 1. The first-order chi connectivity index (χ1) is 7.18. The summed E-state index contributed by atoms with van der Waals surface area (Å²) < 4.78 is 0. The molecule has 0 aliphatic carbocycles. The summed E-state index contributed by atoms with van der Waals surface area (Å²) in [5.74, 6) is -0.504. The van der Waals surface area contributed by atoms with Crippen LogP contribution >= 0.6 is 11.6 Å². The first-order valence-corrected chi connectivity index (χ1v) is 5.12. The number of amides is 1. The average Bonchev–Trinajstić information content (AvgIpc) is 2.10. The second kappa shape index (κ2) is 4.08. The van der Waals surface area contributed by atoms with Crippen molar-refractivity contribution < 1.29 is 4.79 Å². The van der Waals surface area contributed by atoms with E-state index < -0.39 is 5.91 Å². The van der Waals surface area contributed by atoms with Crippen LogP contribution in [0.3, 0.4) is 0 Å². The van der Waals surface area contributed by atoms with E-state index in [9.17, 15) is 4.79 Å². The average molecular weight is 226 g/mol. The Morgan fingerprint density at radius 3 is 2.80 bits per heavy atom. The maximum atomic E-state index is 11.2. The number of carbonyl (C=O) groups excluding carboxylic acids is 1. The zero-order valence-electron chi connectivity index (χ0n) is 8.09. The molecule has 0 bridgehead atoms. The van der Waals surface area contributed by atoms with E-state index in [0.29, 0.717) is 22.3 Å². The molecule has 0 atom stereocenters. The van der Waals surface area contributed by atoms with E-state index >= 15 is 0 Å². The third-order valence-electron chi connectivity index (χ3n) is 2.40. The van der Waals surface area contributed by atoms with Crippen LogP contribution in [0.4, 0.5) is 5.69 Å². The van der Waals surface area contributed by atoms with E-state index in [1.165, 1.54) is 0 Å². The fraction of sp³-hybridized carbons (Fsp3) is 0.300. The number of anilines is 1. The SMILES string of the molecule is NC(=O)c1c(Cl)cccc1NC1CNC1. The van der Waals surface area contributed by atoms with Gasteiger partial charge in [-0.2, -0.15) is 0 Å². The molecule has 0 aromatic heterocycles. The van der Waals surface area contributed by atoms with Gasteiger partial charge in [-0.15, -0.1) is 0 Å². The van der Waals surface area contributed by atoms with E-state index in [1.54, 1.807) is 12.1 Å². The van der Waals surface area contributed by atoms with Gasteiger partial charge < -0.3 is 16.4 Å². The summed E-state index contributed by atoms with van der Waals surface area (Å²) in [5, 5.41) is 6.74. The Labute approximate surface area is 92.8 Å². The first kappa shape index (κ1) is 10.3. The van der Waals surface area contributed by atoms with E-state index in [1.807, 2.05) is 6.07 Å². The van der Waals surface area contributed by atoms with E-state index in [2.05, 4.69) is 10.6 Å². The Balaban J connectivity index is 2.27. The summed E-state index contributed by atoms with van der Waals surface area (Å²) in [6.07, 6.45) is 0. The lowest BCUT2D eigenvalue weighted by molar-refractivity contribution is 0.100. The van der Waals surface area contributed by atoms with Gasteiger partial charge in [0.25, 0.3) is 5.91 Å². The Hall–Kier alpha value is -1.26. The van der Waals surface area contributed by atoms with Crippen LogP contribution in [-0.2, 0) is 0 Å². The summed E-state index contributed by atoms with van der Waals surface area (Å²) >= 11 is 5.91. The van der Waals surface area contributed by atoms with Crippen LogP contribution in [0.2, 0.25) is 5.02 Å². The highest BCUT2D eigenvalue weighted by molar-refractivity contribution is 6.34. The second-order valence-corrected chi connectivity index (χ2v) is 3.93. The number of nitrogens with two attached hydrogens (primary N) is 1. The number of halogens is 1. The monoisotopic (exact) mass is 225 g/mol. The van der Waals surface area contributed by atoms with Gasteiger partial charge in [0.05, 0.1) is 16.6 Å². The molecule has 1 aliphatic rings. The molecule has 15 heavy (non-hydrogen) atoms. The molecule has 0 spiro atoms. The summed E-state index contributed by atoms with van der Waals surface area (Å²) in [4.78, 5) is 11.2. The highest BCUT2D eigenvalue weighted by Gasteiger charge is 2.19. The number of hydrogen-bond acceptors (Lipinski definition) is 3. The molecule has 1 amide bonds. The van der Waals surface area contributed by atoms with Crippen LogP contribution in [0.5, 0.6) is 0 Å². The zero-order chi connectivity index (χ0) is 10.8. The van der Waals surface area contributed by atoms with Crippen LogP contribution < -0.4 is 16.4 Å². The van der Waals surface area contributed by atoms with Gasteiger partial charge in [-0.25, -0.2) is 0 Å². The molecule has 0 radical (unpaired) electrons. The van der Waals surface area contributed by atoms with Crippen molar-refractivity contribution >= 4 is 23.2 Å². The lowest BCUT2D eigenvalue weighted by Gasteiger charge is -2.29. The van der Waals surface area contributed by atoms with Crippen LogP contribution in [0.25, 0.3) is 0 Å². The minimum atomic E-state index is -0.504. The van der Waals surface area contributed by atoms with Gasteiger partial charge in [-0.3, -0.25) is 4.79 Å². The van der Waals surface area contributed by atoms with Gasteiger partial charge in [0.1, 0.15) is 0 Å². The molecule has 4 nitrogen and oxygen atoms in total. The topological polar surface area (TPSA) is 67.2 Å². The maximum Gasteiger partial charge on any atom is 0.252 e. The van der Waals surface area contributed by atoms with Gasteiger partial charge in [-0.05, 0) is 12.1 Å². The van der Waals surface area contributed by atoms with Crippen molar-refractivity contribution in [3.05, 3.63) is 28.8 Å². The van der Waals surface area contributed by atoms with Gasteiger partial charge in [-0.1, -0.05) is 17.7 Å². The molecule has 4 N–H and O–H groups in total. The molecule has 5 heteroatoms. The normalized spacial score (nSPS) is 15.8. The van der Waals surface area contributed by atoms with Crippen molar-refractivity contribution in [2.24, 2.45) is 5.73 Å². The van der Waals surface area contributed by atoms with Crippen LogP contribution in [-0.4, -0.2) is 25.0 Å². The number of hydrogen-bond donors (Lipinski definition) is 3. The second-order valence-electron chi connectivity index (χ2n) is 3.53. The van der Waals surface area contributed by atoms with Crippen LogP contribution in [0, 0.1) is 0 Å². The Kier molecular flexibility index (Phi) is 2.79. The Bertz CT molecular complexity index is 390. The van der Waals surface area contributed by atoms with E-state index in [4.69, 9.17) is 17.3 Å². The summed E-state index contributed by atoms with van der Waals surface area (Å²) in [6, 6.07) is 5.61. The van der Waals surface area contributed by atoms with Crippen LogP contribution in [0.15, 0.2) is 18.2 Å². The molecular weight excluding hydrogens is 214 g/mol. The van der Waals surface area contributed by atoms with Crippen molar-refractivity contribution in [3.8, 4) is 0 Å². The molecule has 0 saturated carbocycles. The number of rotatable bonds is 3. The smallest absolute Gasteiger partial charge is 0.252 e. The minimum Gasteiger partial charge on any atom is -0.379 e. The van der Waals surface area contributed by atoms with Crippen molar-refractivity contribution in [3.63, 3.8) is 0 Å². The number of benzene rings is 1. The third-order valence-corrected chi connectivity index (χ3v) is 2.72. The third kappa shape index (κ3) is 2.06. The number of nitrogens with one attached hydrogen (secondary N) is 2. The van der Waals surface area contributed by atoms with E-state index in [-0.39, 0.29) is 0 Å². The van der Waals surface area contributed by atoms with Gasteiger partial charge in [0, 0.05) is 18.8 Å². The van der Waals surface area contributed by atoms with Crippen molar-refractivity contribution in [2.45, 2.75) is 6.04 Å². The van der Waals surface area contributed by atoms with Gasteiger partial charge in [0.15, 0.2) is 0 Å². The highest BCUT2D eigenvalue weighted by Crippen LogP contribution is 2.24. The van der Waals surface area contributed by atoms with Gasteiger partial charge >= 0.3 is 0 Å². The fourth-order valence-electron chi connectivity index (χ4n) is 1.51. The van der Waals surface area contributed by atoms with Crippen molar-refractivity contribution in [1.29, 1.82) is 0 Å². The maximum absolute atomic E-state index is 11.2. The lowest BCUT2D eigenvalue weighted by Crippen LogP contribution is -2.51. The molecular formula is C10H12ClN3O. The first-order valence-electron chi connectivity index (χ1n) is 4.74. The highest BCUT2D eigenvalue weighted by atomic mass is 35.5. The van der Waals surface area contributed by atoms with Gasteiger partial charge in [0.2, 0.25) is 0 Å². The van der Waals surface area contributed by atoms with Crippen LogP contribution in [0.1, 0.15) is 10.4 Å². The molecule has 1 heterocycles. The quantitative estimate of drug-likeness (QED) is 0.714. The largest absolute Gasteiger partial charge is 0.379 e. The predicted molar refractivity (Wildman–Crippen MR) is 60.3 cm³/mol. The molecule has 1 saturated heterocycles. The summed E-state index contributed by atoms with van der Waals surface area (Å²) in [5.41, 5.74) is 6.35. The Morgan fingerprint density at radius 1 is 1.53 bits per heavy atom. The molecule has 1 fully saturated rings. The van der Waals surface area contributed by atoms with Crippen molar-refractivity contribution in [1.82, 2.24) is 5.32 Å². The summed E-state index contributed by atoms with van der Waals surface area (Å²) in [7, 11) is 0. The molecule has 1 aromatic carbocycles. The minimum absolute atomic E-state index is 0.349. The number of primary amides is 1. The predicted octanol–water partition coefficient (Wildman–Crippen LogP) is 0.823.